The highest BCUT2D eigenvalue weighted by Crippen LogP contribution is 2.12. The van der Waals surface area contributed by atoms with Gasteiger partial charge in [-0.25, -0.2) is 0 Å². The third kappa shape index (κ3) is 8.64. The maximum absolute atomic E-state index is 3.34. The van der Waals surface area contributed by atoms with Crippen LogP contribution in [0.2, 0.25) is 0 Å². The van der Waals surface area contributed by atoms with Gasteiger partial charge in [0.05, 0.1) is 0 Å². The molecule has 0 fully saturated rings. The van der Waals surface area contributed by atoms with Gasteiger partial charge in [0, 0.05) is 6.54 Å². The number of unbranched alkanes of at least 4 members (excludes halogenated alkanes) is 1. The van der Waals surface area contributed by atoms with Gasteiger partial charge in [-0.15, -0.1) is 0 Å². The fourth-order valence-corrected chi connectivity index (χ4v) is 1.68. The van der Waals surface area contributed by atoms with Gasteiger partial charge < -0.3 is 10.2 Å². The Morgan fingerprint density at radius 3 is 2.53 bits per heavy atom. The minimum absolute atomic E-state index is 1.09. The van der Waals surface area contributed by atoms with Crippen molar-refractivity contribution in [3.05, 3.63) is 11.6 Å². The molecule has 1 rings (SSSR count). The van der Waals surface area contributed by atoms with Crippen LogP contribution in [0.25, 0.3) is 0 Å². The van der Waals surface area contributed by atoms with Crippen molar-refractivity contribution in [1.29, 1.82) is 0 Å². The molecule has 0 saturated carbocycles. The lowest BCUT2D eigenvalue weighted by atomic mass is 10.0. The lowest BCUT2D eigenvalue weighted by molar-refractivity contribution is 0.393. The summed E-state index contributed by atoms with van der Waals surface area (Å²) < 4.78 is 0. The first-order valence-electron chi connectivity index (χ1n) is 6.32. The van der Waals surface area contributed by atoms with E-state index >= 15 is 0 Å². The highest BCUT2D eigenvalue weighted by atomic mass is 15.0. The first kappa shape index (κ1) is 14.7. The Kier molecular flexibility index (Phi) is 9.96. The molecule has 1 N–H and O–H groups in total. The second kappa shape index (κ2) is 10.2. The molecule has 0 saturated heterocycles. The predicted octanol–water partition coefficient (Wildman–Crippen LogP) is 2.66. The topological polar surface area (TPSA) is 15.3 Å². The summed E-state index contributed by atoms with van der Waals surface area (Å²) in [5, 5.41) is 3.34. The first-order chi connectivity index (χ1) is 7.29. The van der Waals surface area contributed by atoms with E-state index in [1.54, 1.807) is 5.57 Å². The highest BCUT2D eigenvalue weighted by Gasteiger charge is 2.02. The maximum Gasteiger partial charge on any atom is 0.0137 e. The maximum atomic E-state index is 3.34. The second-order valence-corrected chi connectivity index (χ2v) is 4.08. The lowest BCUT2D eigenvalue weighted by Crippen LogP contribution is -2.20. The van der Waals surface area contributed by atoms with Crippen LogP contribution in [0.15, 0.2) is 11.6 Å². The van der Waals surface area contributed by atoms with Crippen molar-refractivity contribution >= 4 is 0 Å². The summed E-state index contributed by atoms with van der Waals surface area (Å²) in [6.07, 6.45) is 7.62. The molecular weight excluding hydrogens is 184 g/mol. The molecule has 0 aromatic rings. The smallest absolute Gasteiger partial charge is 0.0137 e. The largest absolute Gasteiger partial charge is 0.313 e. The Hall–Kier alpha value is -0.340. The fraction of sp³-hybridized carbons (Fsp3) is 0.846. The molecule has 1 heterocycles. The molecule has 0 spiro atoms. The van der Waals surface area contributed by atoms with Gasteiger partial charge >= 0.3 is 0 Å². The predicted molar refractivity (Wildman–Crippen MR) is 69.3 cm³/mol. The number of hydrogen-bond acceptors (Lipinski definition) is 2. The minimum Gasteiger partial charge on any atom is -0.313 e. The molecule has 0 unspecified atom stereocenters. The van der Waals surface area contributed by atoms with Gasteiger partial charge in [0.2, 0.25) is 0 Å². The number of nitrogens with zero attached hydrogens (tertiary/aromatic N) is 1. The zero-order chi connectivity index (χ0) is 11.5. The Morgan fingerprint density at radius 2 is 2.00 bits per heavy atom. The van der Waals surface area contributed by atoms with E-state index in [9.17, 15) is 0 Å². The number of rotatable bonds is 5. The average molecular weight is 212 g/mol. The zero-order valence-corrected chi connectivity index (χ0v) is 11.0. The summed E-state index contributed by atoms with van der Waals surface area (Å²) in [6.45, 7) is 7.49. The third-order valence-electron chi connectivity index (χ3n) is 2.51. The van der Waals surface area contributed by atoms with Gasteiger partial charge in [-0.3, -0.25) is 0 Å². The van der Waals surface area contributed by atoms with Crippen molar-refractivity contribution in [2.24, 2.45) is 0 Å². The van der Waals surface area contributed by atoms with E-state index in [2.05, 4.69) is 30.4 Å². The zero-order valence-electron chi connectivity index (χ0n) is 11.0. The minimum atomic E-state index is 1.09. The van der Waals surface area contributed by atoms with Crippen LogP contribution < -0.4 is 5.32 Å². The van der Waals surface area contributed by atoms with Crippen LogP contribution in [-0.4, -0.2) is 38.6 Å². The van der Waals surface area contributed by atoms with E-state index in [0.29, 0.717) is 0 Å². The lowest BCUT2D eigenvalue weighted by Gasteiger charge is -2.14. The quantitative estimate of drug-likeness (QED) is 0.557. The first-order valence-corrected chi connectivity index (χ1v) is 6.32. The van der Waals surface area contributed by atoms with E-state index in [4.69, 9.17) is 0 Å². The molecule has 0 aromatic carbocycles. The van der Waals surface area contributed by atoms with E-state index in [1.807, 2.05) is 13.8 Å². The molecule has 1 aliphatic rings. The van der Waals surface area contributed by atoms with Crippen LogP contribution in [0.4, 0.5) is 0 Å². The van der Waals surface area contributed by atoms with Crippen molar-refractivity contribution in [3.8, 4) is 0 Å². The molecule has 1 aliphatic heterocycles. The number of hydrogen-bond donors (Lipinski definition) is 1. The Morgan fingerprint density at radius 1 is 1.27 bits per heavy atom. The molecule has 0 aromatic heterocycles. The Labute approximate surface area is 95.7 Å². The van der Waals surface area contributed by atoms with Crippen LogP contribution in [0.3, 0.4) is 0 Å². The van der Waals surface area contributed by atoms with Crippen molar-refractivity contribution in [1.82, 2.24) is 10.2 Å². The van der Waals surface area contributed by atoms with Crippen LogP contribution in [0, 0.1) is 0 Å². The molecule has 0 atom stereocenters. The van der Waals surface area contributed by atoms with E-state index in [1.165, 1.54) is 38.8 Å². The van der Waals surface area contributed by atoms with Crippen molar-refractivity contribution in [3.63, 3.8) is 0 Å². The molecule has 0 aliphatic carbocycles. The van der Waals surface area contributed by atoms with Gasteiger partial charge in [0.1, 0.15) is 0 Å². The normalized spacial score (nSPS) is 15.7. The van der Waals surface area contributed by atoms with Gasteiger partial charge in [-0.2, -0.15) is 0 Å². The van der Waals surface area contributed by atoms with Crippen LogP contribution in [0.1, 0.15) is 39.5 Å². The summed E-state index contributed by atoms with van der Waals surface area (Å²) in [7, 11) is 4.29. The molecular formula is C13H28N2. The highest BCUT2D eigenvalue weighted by molar-refractivity contribution is 5.06. The summed E-state index contributed by atoms with van der Waals surface area (Å²) >= 11 is 0. The van der Waals surface area contributed by atoms with Crippen molar-refractivity contribution < 1.29 is 0 Å². The van der Waals surface area contributed by atoms with Crippen molar-refractivity contribution in [2.45, 2.75) is 39.5 Å². The Balaban J connectivity index is 0.000000921. The SMILES string of the molecule is CC.CN(C)CCCCC1=CCNCC1. The summed E-state index contributed by atoms with van der Waals surface area (Å²) in [6, 6.07) is 0. The van der Waals surface area contributed by atoms with E-state index < -0.39 is 0 Å². The molecule has 2 heteroatoms. The average Bonchev–Trinajstić information content (AvgIpc) is 2.28. The number of nitrogens with one attached hydrogen (secondary N) is 1. The van der Waals surface area contributed by atoms with Gasteiger partial charge in [0.25, 0.3) is 0 Å². The third-order valence-corrected chi connectivity index (χ3v) is 2.51. The molecule has 2 nitrogen and oxygen atoms in total. The van der Waals surface area contributed by atoms with Crippen LogP contribution in [-0.2, 0) is 0 Å². The fourth-order valence-electron chi connectivity index (χ4n) is 1.68. The van der Waals surface area contributed by atoms with Gasteiger partial charge in [0.15, 0.2) is 0 Å². The Bertz CT molecular complexity index is 162. The molecule has 0 amide bonds. The van der Waals surface area contributed by atoms with Gasteiger partial charge in [-0.1, -0.05) is 25.5 Å². The summed E-state index contributed by atoms with van der Waals surface area (Å²) in [4.78, 5) is 2.26. The standard InChI is InChI=1S/C11H22N2.C2H6/c1-13(2)10-4-3-5-11-6-8-12-9-7-11;1-2/h6,12H,3-5,7-10H2,1-2H3;1-2H3. The second-order valence-electron chi connectivity index (χ2n) is 4.08. The molecule has 90 valence electrons. The molecule has 0 radical (unpaired) electrons. The summed E-state index contributed by atoms with van der Waals surface area (Å²) in [5.74, 6) is 0. The van der Waals surface area contributed by atoms with Gasteiger partial charge in [-0.05, 0) is 52.9 Å². The van der Waals surface area contributed by atoms with Crippen LogP contribution >= 0.6 is 0 Å². The monoisotopic (exact) mass is 212 g/mol. The molecule has 0 bridgehead atoms. The van der Waals surface area contributed by atoms with E-state index in [-0.39, 0.29) is 0 Å². The van der Waals surface area contributed by atoms with E-state index in [0.717, 1.165) is 6.54 Å². The van der Waals surface area contributed by atoms with Crippen molar-refractivity contribution in [2.75, 3.05) is 33.7 Å². The van der Waals surface area contributed by atoms with Crippen LogP contribution in [0.5, 0.6) is 0 Å². The summed E-state index contributed by atoms with van der Waals surface area (Å²) in [5.41, 5.74) is 1.66. The molecule has 15 heavy (non-hydrogen) atoms.